The van der Waals surface area contributed by atoms with Gasteiger partial charge in [0.1, 0.15) is 6.10 Å². The Morgan fingerprint density at radius 2 is 2.08 bits per heavy atom. The van der Waals surface area contributed by atoms with E-state index >= 15 is 0 Å². The number of nitrogens with one attached hydrogen (secondary N) is 1. The first kappa shape index (κ1) is 19.0. The highest BCUT2D eigenvalue weighted by Crippen LogP contribution is 2.29. The molecule has 1 heterocycles. The molecular formula is C17H20N2O5S. The Bertz CT molecular complexity index is 849. The van der Waals surface area contributed by atoms with E-state index in [0.29, 0.717) is 12.1 Å². The fourth-order valence-electron chi connectivity index (χ4n) is 2.56. The lowest BCUT2D eigenvalue weighted by atomic mass is 9.96. The number of hydrogen-bond acceptors (Lipinski definition) is 6. The minimum Gasteiger partial charge on any atom is -0.392 e. The lowest BCUT2D eigenvalue weighted by Gasteiger charge is -2.26. The van der Waals surface area contributed by atoms with E-state index in [0.717, 1.165) is 17.4 Å². The number of rotatable bonds is 5. The summed E-state index contributed by atoms with van der Waals surface area (Å²) in [4.78, 5) is 17.2. The van der Waals surface area contributed by atoms with Gasteiger partial charge in [-0.05, 0) is 31.5 Å². The van der Waals surface area contributed by atoms with E-state index in [4.69, 9.17) is 10.0 Å². The second kappa shape index (κ2) is 7.25. The van der Waals surface area contributed by atoms with E-state index in [-0.39, 0.29) is 6.42 Å². The summed E-state index contributed by atoms with van der Waals surface area (Å²) in [7, 11) is -3.78. The fraction of sp³-hybridized carbons (Fsp3) is 0.412. The maximum atomic E-state index is 12.0. The van der Waals surface area contributed by atoms with Crippen molar-refractivity contribution in [1.82, 2.24) is 5.48 Å². The molecule has 134 valence electrons. The quantitative estimate of drug-likeness (QED) is 0.465. The first-order valence-corrected chi connectivity index (χ1v) is 9.50. The number of oxime groups is 1. The molecule has 0 aromatic heterocycles. The highest BCUT2D eigenvalue weighted by molar-refractivity contribution is 7.92. The molecule has 0 saturated heterocycles. The van der Waals surface area contributed by atoms with Crippen LogP contribution in [0.25, 0.3) is 0 Å². The van der Waals surface area contributed by atoms with Crippen molar-refractivity contribution >= 4 is 21.5 Å². The average Bonchev–Trinajstić information content (AvgIpc) is 3.02. The molecule has 0 bridgehead atoms. The van der Waals surface area contributed by atoms with Gasteiger partial charge in [0, 0.05) is 24.7 Å². The minimum absolute atomic E-state index is 0.120. The molecule has 0 spiro atoms. The average molecular weight is 364 g/mol. The van der Waals surface area contributed by atoms with Crippen LogP contribution in [0, 0.1) is 11.8 Å². The summed E-state index contributed by atoms with van der Waals surface area (Å²) in [5, 5.41) is 12.9. The van der Waals surface area contributed by atoms with Gasteiger partial charge in [-0.3, -0.25) is 10.0 Å². The van der Waals surface area contributed by atoms with Crippen molar-refractivity contribution in [3.05, 3.63) is 35.4 Å². The summed E-state index contributed by atoms with van der Waals surface area (Å²) in [6.07, 6.45) is 0.613. The van der Waals surface area contributed by atoms with E-state index in [1.807, 2.05) is 24.3 Å². The number of sulfone groups is 1. The van der Waals surface area contributed by atoms with Gasteiger partial charge in [-0.15, -0.1) is 5.92 Å². The molecule has 7 nitrogen and oxygen atoms in total. The zero-order chi connectivity index (χ0) is 18.7. The van der Waals surface area contributed by atoms with Crippen molar-refractivity contribution in [3.63, 3.8) is 0 Å². The van der Waals surface area contributed by atoms with Crippen LogP contribution < -0.4 is 5.48 Å². The second-order valence-electron chi connectivity index (χ2n) is 6.07. The smallest absolute Gasteiger partial charge is 0.264 e. The maximum absolute atomic E-state index is 12.0. The SMILES string of the molecule is CC#Cc1ccc(C2=NOC(C[C@](C)(C(=O)NO)S(C)(=O)=O)C2)cc1. The highest BCUT2D eigenvalue weighted by Gasteiger charge is 2.47. The number of benzene rings is 1. The monoisotopic (exact) mass is 364 g/mol. The molecule has 1 aromatic carbocycles. The Labute approximate surface area is 146 Å². The Morgan fingerprint density at radius 1 is 1.44 bits per heavy atom. The topological polar surface area (TPSA) is 105 Å². The largest absolute Gasteiger partial charge is 0.392 e. The molecule has 0 saturated carbocycles. The summed E-state index contributed by atoms with van der Waals surface area (Å²) in [6, 6.07) is 7.45. The molecule has 1 aliphatic heterocycles. The normalized spacial score (nSPS) is 19.0. The lowest BCUT2D eigenvalue weighted by Crippen LogP contribution is -2.51. The summed E-state index contributed by atoms with van der Waals surface area (Å²) in [6.45, 7) is 3.02. The van der Waals surface area contributed by atoms with Gasteiger partial charge < -0.3 is 4.84 Å². The van der Waals surface area contributed by atoms with Crippen molar-refractivity contribution in [3.8, 4) is 11.8 Å². The number of hydroxylamine groups is 1. The van der Waals surface area contributed by atoms with Crippen molar-refractivity contribution in [2.75, 3.05) is 6.26 Å². The number of hydrogen-bond donors (Lipinski definition) is 2. The summed E-state index contributed by atoms with van der Waals surface area (Å²) in [5.41, 5.74) is 3.82. The van der Waals surface area contributed by atoms with Crippen LogP contribution in [0.4, 0.5) is 0 Å². The lowest BCUT2D eigenvalue weighted by molar-refractivity contribution is -0.132. The molecule has 2 atom stereocenters. The first-order chi connectivity index (χ1) is 11.7. The Morgan fingerprint density at radius 3 is 2.60 bits per heavy atom. The van der Waals surface area contributed by atoms with Gasteiger partial charge in [-0.2, -0.15) is 0 Å². The van der Waals surface area contributed by atoms with Crippen LogP contribution >= 0.6 is 0 Å². The number of amides is 1. The van der Waals surface area contributed by atoms with E-state index in [1.165, 1.54) is 12.4 Å². The van der Waals surface area contributed by atoms with Gasteiger partial charge in [0.2, 0.25) is 0 Å². The van der Waals surface area contributed by atoms with Crippen LogP contribution in [-0.4, -0.2) is 42.4 Å². The van der Waals surface area contributed by atoms with Crippen LogP contribution in [0.5, 0.6) is 0 Å². The van der Waals surface area contributed by atoms with Crippen molar-refractivity contribution in [2.45, 2.75) is 37.5 Å². The maximum Gasteiger partial charge on any atom is 0.264 e. The molecule has 1 aliphatic rings. The number of carbonyl (C=O) groups is 1. The summed E-state index contributed by atoms with van der Waals surface area (Å²) < 4.78 is 22.2. The molecule has 0 aliphatic carbocycles. The van der Waals surface area contributed by atoms with Crippen LogP contribution in [0.2, 0.25) is 0 Å². The van der Waals surface area contributed by atoms with Gasteiger partial charge >= 0.3 is 0 Å². The van der Waals surface area contributed by atoms with Gasteiger partial charge in [0.05, 0.1) is 5.71 Å². The predicted octanol–water partition coefficient (Wildman–Crippen LogP) is 1.25. The molecule has 2 rings (SSSR count). The Hall–Kier alpha value is -2.37. The zero-order valence-corrected chi connectivity index (χ0v) is 15.1. The first-order valence-electron chi connectivity index (χ1n) is 7.61. The standard InChI is InChI=1S/C17H20N2O5S/c1-4-5-12-6-8-13(9-7-12)15-10-14(24-19-15)11-17(2,16(20)18-21)25(3,22)23/h6-9,14,21H,10-11H2,1-3H3,(H,18,20)/t14?,17-/m1/s1. The van der Waals surface area contributed by atoms with E-state index in [1.54, 1.807) is 6.92 Å². The third-order valence-corrected chi connectivity index (χ3v) is 6.23. The van der Waals surface area contributed by atoms with Gasteiger partial charge in [-0.25, -0.2) is 13.9 Å². The van der Waals surface area contributed by atoms with Crippen LogP contribution in [0.1, 0.15) is 37.8 Å². The summed E-state index contributed by atoms with van der Waals surface area (Å²) >= 11 is 0. The van der Waals surface area contributed by atoms with Crippen molar-refractivity contribution in [1.29, 1.82) is 0 Å². The van der Waals surface area contributed by atoms with Crippen LogP contribution in [-0.2, 0) is 19.5 Å². The minimum atomic E-state index is -3.78. The second-order valence-corrected chi connectivity index (χ2v) is 8.52. The van der Waals surface area contributed by atoms with Gasteiger partial charge in [0.15, 0.2) is 14.6 Å². The van der Waals surface area contributed by atoms with E-state index in [9.17, 15) is 13.2 Å². The third kappa shape index (κ3) is 4.00. The summed E-state index contributed by atoms with van der Waals surface area (Å²) in [5.74, 6) is 4.77. The molecule has 1 unspecified atom stereocenters. The molecule has 25 heavy (non-hydrogen) atoms. The molecule has 1 amide bonds. The van der Waals surface area contributed by atoms with Crippen LogP contribution in [0.3, 0.4) is 0 Å². The number of carbonyl (C=O) groups excluding carboxylic acids is 1. The van der Waals surface area contributed by atoms with Crippen molar-refractivity contribution < 1.29 is 23.3 Å². The van der Waals surface area contributed by atoms with E-state index < -0.39 is 26.6 Å². The fourth-order valence-corrected chi connectivity index (χ4v) is 3.43. The molecule has 8 heteroatoms. The number of nitrogens with zero attached hydrogens (tertiary/aromatic N) is 1. The molecule has 0 fully saturated rings. The Kier molecular flexibility index (Phi) is 5.50. The molecule has 1 aromatic rings. The van der Waals surface area contributed by atoms with Crippen molar-refractivity contribution in [2.24, 2.45) is 5.16 Å². The van der Waals surface area contributed by atoms with Gasteiger partial charge in [-0.1, -0.05) is 23.2 Å². The molecule has 0 radical (unpaired) electrons. The molecular weight excluding hydrogens is 344 g/mol. The van der Waals surface area contributed by atoms with Crippen LogP contribution in [0.15, 0.2) is 29.4 Å². The highest BCUT2D eigenvalue weighted by atomic mass is 32.2. The third-order valence-electron chi connectivity index (χ3n) is 4.24. The van der Waals surface area contributed by atoms with E-state index in [2.05, 4.69) is 17.0 Å². The predicted molar refractivity (Wildman–Crippen MR) is 92.8 cm³/mol. The van der Waals surface area contributed by atoms with Gasteiger partial charge in [0.25, 0.3) is 5.91 Å². The molecule has 2 N–H and O–H groups in total. The Balaban J connectivity index is 2.13. The zero-order valence-electron chi connectivity index (χ0n) is 14.2.